The van der Waals surface area contributed by atoms with Gasteiger partial charge in [-0.05, 0) is 55.7 Å². The van der Waals surface area contributed by atoms with Crippen LogP contribution in [0.4, 0.5) is 5.69 Å². The van der Waals surface area contributed by atoms with Gasteiger partial charge in [0.05, 0.1) is 0 Å². The number of carbonyl (C=O) groups excluding carboxylic acids is 1. The molecule has 0 bridgehead atoms. The molecule has 0 heterocycles. The Morgan fingerprint density at radius 2 is 1.68 bits per heavy atom. The van der Waals surface area contributed by atoms with Crippen LogP contribution in [0.1, 0.15) is 24.5 Å². The summed E-state index contributed by atoms with van der Waals surface area (Å²) in [7, 11) is 1.78. The Morgan fingerprint density at radius 3 is 2.23 bits per heavy atom. The normalized spacial score (nSPS) is 11.8. The highest BCUT2D eigenvalue weighted by atomic mass is 16.5. The number of benzene rings is 2. The third kappa shape index (κ3) is 3.88. The smallest absolute Gasteiger partial charge is 0.267 e. The largest absolute Gasteiger partial charge is 0.481 e. The van der Waals surface area contributed by atoms with E-state index < -0.39 is 6.10 Å². The molecule has 0 radical (unpaired) electrons. The fourth-order valence-corrected chi connectivity index (χ4v) is 2.47. The number of carbonyl (C=O) groups is 1. The molecule has 1 amide bonds. The van der Waals surface area contributed by atoms with Gasteiger partial charge in [0.1, 0.15) is 5.75 Å². The number of hydrogen-bond donors (Lipinski definition) is 0. The quantitative estimate of drug-likeness (QED) is 0.830. The summed E-state index contributed by atoms with van der Waals surface area (Å²) in [5.41, 5.74) is 3.14. The molecule has 0 aliphatic carbocycles. The first-order valence-electron chi connectivity index (χ1n) is 7.59. The zero-order valence-electron chi connectivity index (χ0n) is 13.7. The molecule has 3 heteroatoms. The molecular formula is C19H23NO2. The molecule has 22 heavy (non-hydrogen) atoms. The molecular weight excluding hydrogens is 274 g/mol. The van der Waals surface area contributed by atoms with E-state index >= 15 is 0 Å². The first kappa shape index (κ1) is 16.1. The van der Waals surface area contributed by atoms with Crippen molar-refractivity contribution in [1.29, 1.82) is 0 Å². The minimum Gasteiger partial charge on any atom is -0.481 e. The van der Waals surface area contributed by atoms with Gasteiger partial charge in [0.2, 0.25) is 0 Å². The summed E-state index contributed by atoms with van der Waals surface area (Å²) in [6.07, 6.45) is 0.148. The lowest BCUT2D eigenvalue weighted by molar-refractivity contribution is -0.125. The molecule has 2 aromatic carbocycles. The van der Waals surface area contributed by atoms with Crippen molar-refractivity contribution >= 4 is 11.6 Å². The first-order valence-corrected chi connectivity index (χ1v) is 7.59. The average Bonchev–Trinajstić information content (AvgIpc) is 2.51. The van der Waals surface area contributed by atoms with Gasteiger partial charge in [-0.1, -0.05) is 31.2 Å². The maximum Gasteiger partial charge on any atom is 0.267 e. The number of aryl methyl sites for hydroxylation is 2. The predicted molar refractivity (Wildman–Crippen MR) is 90.5 cm³/mol. The second kappa shape index (κ2) is 7.12. The lowest BCUT2D eigenvalue weighted by Gasteiger charge is -2.24. The Bertz CT molecular complexity index is 617. The van der Waals surface area contributed by atoms with E-state index in [2.05, 4.69) is 6.07 Å². The number of hydrogen-bond acceptors (Lipinski definition) is 2. The Hall–Kier alpha value is -2.29. The van der Waals surface area contributed by atoms with Gasteiger partial charge >= 0.3 is 0 Å². The molecule has 0 saturated carbocycles. The van der Waals surface area contributed by atoms with E-state index in [1.165, 1.54) is 0 Å². The molecule has 0 aliphatic rings. The van der Waals surface area contributed by atoms with E-state index in [4.69, 9.17) is 4.74 Å². The lowest BCUT2D eigenvalue weighted by Crippen LogP contribution is -2.39. The van der Waals surface area contributed by atoms with Crippen molar-refractivity contribution in [3.05, 3.63) is 59.7 Å². The van der Waals surface area contributed by atoms with Crippen LogP contribution in [0.2, 0.25) is 0 Å². The van der Waals surface area contributed by atoms with Gasteiger partial charge in [0.25, 0.3) is 5.91 Å². The average molecular weight is 297 g/mol. The summed E-state index contributed by atoms with van der Waals surface area (Å²) < 4.78 is 5.94. The van der Waals surface area contributed by atoms with E-state index in [1.54, 1.807) is 11.9 Å². The van der Waals surface area contributed by atoms with Gasteiger partial charge in [-0.15, -0.1) is 0 Å². The number of likely N-dealkylation sites (N-methyl/N-ethyl adjacent to an activating group) is 1. The van der Waals surface area contributed by atoms with Crippen molar-refractivity contribution in [2.45, 2.75) is 33.3 Å². The van der Waals surface area contributed by atoms with Crippen LogP contribution in [0.15, 0.2) is 48.5 Å². The zero-order valence-corrected chi connectivity index (χ0v) is 13.7. The summed E-state index contributed by atoms with van der Waals surface area (Å²) >= 11 is 0. The van der Waals surface area contributed by atoms with Crippen LogP contribution in [0.5, 0.6) is 5.75 Å². The number of nitrogens with zero attached hydrogens (tertiary/aromatic N) is 1. The second-order valence-electron chi connectivity index (χ2n) is 5.57. The molecule has 0 spiro atoms. The van der Waals surface area contributed by atoms with E-state index in [1.807, 2.05) is 63.2 Å². The van der Waals surface area contributed by atoms with Crippen LogP contribution in [0.25, 0.3) is 0 Å². The van der Waals surface area contributed by atoms with Crippen LogP contribution in [-0.2, 0) is 4.79 Å². The SMILES string of the molecule is CCC(Oc1cc(C)cc(C)c1)C(=O)N(C)c1ccccc1. The maximum absolute atomic E-state index is 12.6. The summed E-state index contributed by atoms with van der Waals surface area (Å²) in [6.45, 7) is 6.02. The van der Waals surface area contributed by atoms with E-state index in [0.717, 1.165) is 22.6 Å². The standard InChI is InChI=1S/C19H23NO2/c1-5-18(22-17-12-14(2)11-15(3)13-17)19(21)20(4)16-9-7-6-8-10-16/h6-13,18H,5H2,1-4H3. The topological polar surface area (TPSA) is 29.5 Å². The van der Waals surface area contributed by atoms with Gasteiger partial charge in [-0.3, -0.25) is 4.79 Å². The number of para-hydroxylation sites is 1. The number of anilines is 1. The van der Waals surface area contributed by atoms with Crippen molar-refractivity contribution < 1.29 is 9.53 Å². The maximum atomic E-state index is 12.6. The second-order valence-corrected chi connectivity index (χ2v) is 5.57. The van der Waals surface area contributed by atoms with E-state index in [9.17, 15) is 4.79 Å². The Morgan fingerprint density at radius 1 is 1.09 bits per heavy atom. The lowest BCUT2D eigenvalue weighted by atomic mass is 10.1. The van der Waals surface area contributed by atoms with Gasteiger partial charge in [0.15, 0.2) is 6.10 Å². The van der Waals surface area contributed by atoms with Crippen molar-refractivity contribution in [1.82, 2.24) is 0 Å². The first-order chi connectivity index (χ1) is 10.5. The van der Waals surface area contributed by atoms with E-state index in [0.29, 0.717) is 6.42 Å². The highest BCUT2D eigenvalue weighted by Crippen LogP contribution is 2.20. The van der Waals surface area contributed by atoms with Crippen molar-refractivity contribution in [3.63, 3.8) is 0 Å². The van der Waals surface area contributed by atoms with Crippen molar-refractivity contribution in [2.24, 2.45) is 0 Å². The van der Waals surface area contributed by atoms with Crippen molar-refractivity contribution in [3.8, 4) is 5.75 Å². The highest BCUT2D eigenvalue weighted by molar-refractivity contribution is 5.96. The van der Waals surface area contributed by atoms with Crippen LogP contribution in [0.3, 0.4) is 0 Å². The molecule has 0 N–H and O–H groups in total. The van der Waals surface area contributed by atoms with E-state index in [-0.39, 0.29) is 5.91 Å². The van der Waals surface area contributed by atoms with Gasteiger partial charge in [0, 0.05) is 12.7 Å². The van der Waals surface area contributed by atoms with Gasteiger partial charge in [-0.25, -0.2) is 0 Å². The third-order valence-corrected chi connectivity index (χ3v) is 3.59. The van der Waals surface area contributed by atoms with Gasteiger partial charge < -0.3 is 9.64 Å². The van der Waals surface area contributed by atoms with Crippen LogP contribution < -0.4 is 9.64 Å². The third-order valence-electron chi connectivity index (χ3n) is 3.59. The molecule has 0 fully saturated rings. The molecule has 2 rings (SSSR count). The number of rotatable bonds is 5. The Labute approximate surface area is 132 Å². The molecule has 2 aromatic rings. The van der Waals surface area contributed by atoms with Crippen LogP contribution in [0, 0.1) is 13.8 Å². The summed E-state index contributed by atoms with van der Waals surface area (Å²) in [6, 6.07) is 15.6. The van der Waals surface area contributed by atoms with Crippen molar-refractivity contribution in [2.75, 3.05) is 11.9 Å². The minimum absolute atomic E-state index is 0.0344. The molecule has 1 atom stereocenters. The minimum atomic E-state index is -0.480. The predicted octanol–water partition coefficient (Wildman–Crippen LogP) is 4.12. The number of ether oxygens (including phenoxy) is 1. The molecule has 0 aromatic heterocycles. The molecule has 1 unspecified atom stereocenters. The molecule has 116 valence electrons. The van der Waals surface area contributed by atoms with Crippen LogP contribution in [-0.4, -0.2) is 19.1 Å². The molecule has 0 saturated heterocycles. The Balaban J connectivity index is 2.15. The highest BCUT2D eigenvalue weighted by Gasteiger charge is 2.23. The zero-order chi connectivity index (χ0) is 16.1. The summed E-state index contributed by atoms with van der Waals surface area (Å²) in [5, 5.41) is 0. The summed E-state index contributed by atoms with van der Waals surface area (Å²) in [5.74, 6) is 0.715. The monoisotopic (exact) mass is 297 g/mol. The molecule has 3 nitrogen and oxygen atoms in total. The van der Waals surface area contributed by atoms with Gasteiger partial charge in [-0.2, -0.15) is 0 Å². The van der Waals surface area contributed by atoms with Crippen LogP contribution >= 0.6 is 0 Å². The summed E-state index contributed by atoms with van der Waals surface area (Å²) in [4.78, 5) is 14.3. The molecule has 0 aliphatic heterocycles. The fraction of sp³-hybridized carbons (Fsp3) is 0.316. The Kier molecular flexibility index (Phi) is 5.21. The number of amides is 1. The fourth-order valence-electron chi connectivity index (χ4n) is 2.47.